The van der Waals surface area contributed by atoms with E-state index in [4.69, 9.17) is 5.73 Å². The molecule has 20 heavy (non-hydrogen) atoms. The number of nitrogens with zero attached hydrogens (tertiary/aromatic N) is 3. The van der Waals surface area contributed by atoms with Gasteiger partial charge in [-0.1, -0.05) is 13.3 Å². The summed E-state index contributed by atoms with van der Waals surface area (Å²) in [5.74, 6) is 0.890. The van der Waals surface area contributed by atoms with Gasteiger partial charge in [0.1, 0.15) is 5.82 Å². The van der Waals surface area contributed by atoms with Gasteiger partial charge in [0, 0.05) is 20.1 Å². The molecule has 1 amide bonds. The zero-order valence-corrected chi connectivity index (χ0v) is 12.5. The van der Waals surface area contributed by atoms with Crippen LogP contribution in [0.5, 0.6) is 0 Å². The van der Waals surface area contributed by atoms with Gasteiger partial charge < -0.3 is 16.0 Å². The average Bonchev–Trinajstić information content (AvgIpc) is 2.72. The van der Waals surface area contributed by atoms with E-state index in [1.165, 1.54) is 6.42 Å². The first kappa shape index (κ1) is 14.7. The second-order valence-corrected chi connectivity index (χ2v) is 5.38. The zero-order valence-electron chi connectivity index (χ0n) is 12.5. The van der Waals surface area contributed by atoms with Crippen LogP contribution in [0.4, 0.5) is 11.5 Å². The fourth-order valence-electron chi connectivity index (χ4n) is 2.64. The number of piperidine rings is 1. The van der Waals surface area contributed by atoms with Crippen LogP contribution in [0.1, 0.15) is 38.3 Å². The Morgan fingerprint density at radius 2 is 2.05 bits per heavy atom. The molecule has 2 rings (SSSR count). The maximum Gasteiger partial charge on any atom is 0.241 e. The molecule has 1 aliphatic rings. The summed E-state index contributed by atoms with van der Waals surface area (Å²) in [5, 5.41) is 7.54. The summed E-state index contributed by atoms with van der Waals surface area (Å²) in [7, 11) is 1.85. The van der Waals surface area contributed by atoms with Crippen molar-refractivity contribution in [1.29, 1.82) is 0 Å². The number of anilines is 2. The molecule has 1 aliphatic heterocycles. The van der Waals surface area contributed by atoms with Crippen LogP contribution in [0.15, 0.2) is 0 Å². The quantitative estimate of drug-likeness (QED) is 0.853. The summed E-state index contributed by atoms with van der Waals surface area (Å²) in [6, 6.07) is 0. The van der Waals surface area contributed by atoms with Gasteiger partial charge in [-0.3, -0.25) is 9.48 Å². The Hall–Kier alpha value is -1.72. The lowest BCUT2D eigenvalue weighted by Crippen LogP contribution is -2.39. The predicted octanol–water partition coefficient (Wildman–Crippen LogP) is 1.38. The van der Waals surface area contributed by atoms with Crippen LogP contribution >= 0.6 is 0 Å². The number of carbonyl (C=O) groups is 1. The lowest BCUT2D eigenvalue weighted by molar-refractivity contribution is -0.130. The van der Waals surface area contributed by atoms with E-state index >= 15 is 0 Å². The van der Waals surface area contributed by atoms with E-state index in [0.29, 0.717) is 5.69 Å². The van der Waals surface area contributed by atoms with Crippen LogP contribution < -0.4 is 11.1 Å². The number of aryl methyl sites for hydroxylation is 2. The smallest absolute Gasteiger partial charge is 0.241 e. The molecule has 1 aromatic rings. The maximum absolute atomic E-state index is 12.1. The third kappa shape index (κ3) is 3.23. The SMILES string of the molecule is CCCc1nn(C)c(NCC(=O)N2CCCCC2)c1N. The van der Waals surface area contributed by atoms with Gasteiger partial charge in [-0.2, -0.15) is 5.10 Å². The van der Waals surface area contributed by atoms with Crippen LogP contribution in [0.2, 0.25) is 0 Å². The van der Waals surface area contributed by atoms with Crippen molar-refractivity contribution in [3.8, 4) is 0 Å². The third-order valence-electron chi connectivity index (χ3n) is 3.76. The van der Waals surface area contributed by atoms with E-state index in [2.05, 4.69) is 17.3 Å². The molecule has 6 heteroatoms. The fraction of sp³-hybridized carbons (Fsp3) is 0.714. The molecule has 0 atom stereocenters. The van der Waals surface area contributed by atoms with Crippen LogP contribution in [-0.2, 0) is 18.3 Å². The number of amides is 1. The van der Waals surface area contributed by atoms with Gasteiger partial charge in [0.05, 0.1) is 17.9 Å². The maximum atomic E-state index is 12.1. The van der Waals surface area contributed by atoms with E-state index < -0.39 is 0 Å². The molecule has 0 aromatic carbocycles. The first-order valence-electron chi connectivity index (χ1n) is 7.46. The number of nitrogen functional groups attached to an aromatic ring is 1. The van der Waals surface area contributed by atoms with Crippen molar-refractivity contribution < 1.29 is 4.79 Å². The van der Waals surface area contributed by atoms with Crippen molar-refractivity contribution in [1.82, 2.24) is 14.7 Å². The molecule has 2 heterocycles. The normalized spacial score (nSPS) is 15.4. The van der Waals surface area contributed by atoms with Crippen molar-refractivity contribution >= 4 is 17.4 Å². The third-order valence-corrected chi connectivity index (χ3v) is 3.76. The zero-order chi connectivity index (χ0) is 14.5. The Labute approximate surface area is 120 Å². The molecule has 0 unspecified atom stereocenters. The van der Waals surface area contributed by atoms with Crippen molar-refractivity contribution in [3.63, 3.8) is 0 Å². The van der Waals surface area contributed by atoms with Crippen LogP contribution in [-0.4, -0.2) is 40.2 Å². The summed E-state index contributed by atoms with van der Waals surface area (Å²) >= 11 is 0. The first-order valence-corrected chi connectivity index (χ1v) is 7.46. The standard InChI is InChI=1S/C14H25N5O/c1-3-7-11-13(15)14(18(2)17-11)16-10-12(20)19-8-5-4-6-9-19/h16H,3-10,15H2,1-2H3. The fourth-order valence-corrected chi connectivity index (χ4v) is 2.64. The minimum Gasteiger partial charge on any atom is -0.394 e. The highest BCUT2D eigenvalue weighted by atomic mass is 16.2. The lowest BCUT2D eigenvalue weighted by Gasteiger charge is -2.26. The minimum atomic E-state index is 0.141. The molecule has 1 fully saturated rings. The Bertz CT molecular complexity index is 462. The lowest BCUT2D eigenvalue weighted by atomic mass is 10.1. The molecule has 3 N–H and O–H groups in total. The van der Waals surface area contributed by atoms with Crippen LogP contribution in [0.25, 0.3) is 0 Å². The molecule has 0 aliphatic carbocycles. The predicted molar refractivity (Wildman–Crippen MR) is 80.5 cm³/mol. The number of nitrogens with two attached hydrogens (primary N) is 1. The van der Waals surface area contributed by atoms with Gasteiger partial charge in [0.15, 0.2) is 0 Å². The molecule has 1 aromatic heterocycles. The minimum absolute atomic E-state index is 0.141. The highest BCUT2D eigenvalue weighted by Crippen LogP contribution is 2.22. The summed E-state index contributed by atoms with van der Waals surface area (Å²) in [6.07, 6.45) is 5.32. The molecule has 0 bridgehead atoms. The topological polar surface area (TPSA) is 76.2 Å². The van der Waals surface area contributed by atoms with Gasteiger partial charge in [0.2, 0.25) is 5.91 Å². The van der Waals surface area contributed by atoms with E-state index in [1.807, 2.05) is 11.9 Å². The van der Waals surface area contributed by atoms with Crippen molar-refractivity contribution in [3.05, 3.63) is 5.69 Å². The Balaban J connectivity index is 1.94. The number of carbonyl (C=O) groups excluding carboxylic acids is 1. The number of hydrogen-bond acceptors (Lipinski definition) is 4. The molecular formula is C14H25N5O. The van der Waals surface area contributed by atoms with Gasteiger partial charge >= 0.3 is 0 Å². The van der Waals surface area contributed by atoms with Gasteiger partial charge in [0.25, 0.3) is 0 Å². The summed E-state index contributed by atoms with van der Waals surface area (Å²) in [6.45, 7) is 4.14. The number of hydrogen-bond donors (Lipinski definition) is 2. The van der Waals surface area contributed by atoms with Crippen molar-refractivity contribution in [2.75, 3.05) is 30.7 Å². The number of likely N-dealkylation sites (tertiary alicyclic amines) is 1. The summed E-state index contributed by atoms with van der Waals surface area (Å²) in [5.41, 5.74) is 7.66. The highest BCUT2D eigenvalue weighted by Gasteiger charge is 2.18. The summed E-state index contributed by atoms with van der Waals surface area (Å²) in [4.78, 5) is 14.0. The van der Waals surface area contributed by atoms with Crippen molar-refractivity contribution in [2.24, 2.45) is 7.05 Å². The molecular weight excluding hydrogens is 254 g/mol. The van der Waals surface area contributed by atoms with E-state index in [-0.39, 0.29) is 12.5 Å². The van der Waals surface area contributed by atoms with E-state index in [9.17, 15) is 4.79 Å². The molecule has 112 valence electrons. The van der Waals surface area contributed by atoms with Crippen molar-refractivity contribution in [2.45, 2.75) is 39.0 Å². The summed E-state index contributed by atoms with van der Waals surface area (Å²) < 4.78 is 1.73. The van der Waals surface area contributed by atoms with Gasteiger partial charge in [-0.25, -0.2) is 0 Å². The number of nitrogens with one attached hydrogen (secondary N) is 1. The number of aromatic nitrogens is 2. The second-order valence-electron chi connectivity index (χ2n) is 5.38. The Morgan fingerprint density at radius 1 is 1.35 bits per heavy atom. The molecule has 6 nitrogen and oxygen atoms in total. The van der Waals surface area contributed by atoms with Gasteiger partial charge in [-0.15, -0.1) is 0 Å². The van der Waals surface area contributed by atoms with Crippen LogP contribution in [0, 0.1) is 0 Å². The largest absolute Gasteiger partial charge is 0.394 e. The Morgan fingerprint density at radius 3 is 2.70 bits per heavy atom. The van der Waals surface area contributed by atoms with E-state index in [0.717, 1.165) is 50.3 Å². The van der Waals surface area contributed by atoms with E-state index in [1.54, 1.807) is 4.68 Å². The monoisotopic (exact) mass is 279 g/mol. The first-order chi connectivity index (χ1) is 9.63. The average molecular weight is 279 g/mol. The highest BCUT2D eigenvalue weighted by molar-refractivity contribution is 5.82. The molecule has 0 saturated carbocycles. The second kappa shape index (κ2) is 6.63. The number of rotatable bonds is 5. The molecule has 0 radical (unpaired) electrons. The molecule has 0 spiro atoms. The van der Waals surface area contributed by atoms with Gasteiger partial charge in [-0.05, 0) is 25.7 Å². The van der Waals surface area contributed by atoms with Crippen LogP contribution in [0.3, 0.4) is 0 Å². The molecule has 1 saturated heterocycles. The Kier molecular flexibility index (Phi) is 4.87.